The van der Waals surface area contributed by atoms with Gasteiger partial charge >= 0.3 is 0 Å². The predicted molar refractivity (Wildman–Crippen MR) is 53.7 cm³/mol. The summed E-state index contributed by atoms with van der Waals surface area (Å²) in [5.41, 5.74) is 0.400. The number of anilines is 1. The summed E-state index contributed by atoms with van der Waals surface area (Å²) in [5.74, 6) is 0. The van der Waals surface area contributed by atoms with Crippen molar-refractivity contribution in [2.24, 2.45) is 0 Å². The minimum Gasteiger partial charge on any atom is -0.388 e. The third-order valence-electron chi connectivity index (χ3n) is 1.96. The van der Waals surface area contributed by atoms with E-state index in [9.17, 15) is 5.11 Å². The lowest BCUT2D eigenvalue weighted by atomic mass is 10.0. The zero-order chi connectivity index (χ0) is 9.19. The van der Waals surface area contributed by atoms with Gasteiger partial charge in [0, 0.05) is 11.1 Å². The first-order valence-electron chi connectivity index (χ1n) is 4.01. The van der Waals surface area contributed by atoms with Gasteiger partial charge in [-0.15, -0.1) is 0 Å². The van der Waals surface area contributed by atoms with Crippen molar-refractivity contribution < 1.29 is 5.11 Å². The molecule has 3 heteroatoms. The first-order chi connectivity index (χ1) is 5.50. The SMILES string of the molecule is CC(Nc1ccsc1)C(C)(C)O. The van der Waals surface area contributed by atoms with Crippen molar-refractivity contribution >= 4 is 17.0 Å². The molecule has 1 atom stereocenters. The molecule has 0 aromatic carbocycles. The first-order valence-corrected chi connectivity index (χ1v) is 4.95. The second-order valence-corrected chi connectivity index (χ2v) is 4.31. The summed E-state index contributed by atoms with van der Waals surface area (Å²) < 4.78 is 0. The van der Waals surface area contributed by atoms with Gasteiger partial charge in [-0.25, -0.2) is 0 Å². The van der Waals surface area contributed by atoms with Gasteiger partial charge in [-0.05, 0) is 32.2 Å². The highest BCUT2D eigenvalue weighted by Gasteiger charge is 2.21. The van der Waals surface area contributed by atoms with Crippen LogP contribution in [0.3, 0.4) is 0 Å². The Morgan fingerprint density at radius 2 is 2.25 bits per heavy atom. The second-order valence-electron chi connectivity index (χ2n) is 3.53. The summed E-state index contributed by atoms with van der Waals surface area (Å²) in [5, 5.41) is 16.9. The van der Waals surface area contributed by atoms with Crippen LogP contribution in [0.4, 0.5) is 5.69 Å². The van der Waals surface area contributed by atoms with E-state index >= 15 is 0 Å². The van der Waals surface area contributed by atoms with Gasteiger partial charge in [0.05, 0.1) is 11.6 Å². The Labute approximate surface area is 77.2 Å². The van der Waals surface area contributed by atoms with E-state index < -0.39 is 5.60 Å². The maximum atomic E-state index is 9.63. The minimum absolute atomic E-state index is 0.0621. The number of aliphatic hydroxyl groups is 1. The molecular formula is C9H15NOS. The molecule has 1 aromatic rings. The van der Waals surface area contributed by atoms with Gasteiger partial charge in [-0.3, -0.25) is 0 Å². The van der Waals surface area contributed by atoms with E-state index in [1.165, 1.54) is 0 Å². The van der Waals surface area contributed by atoms with Gasteiger partial charge in [0.25, 0.3) is 0 Å². The van der Waals surface area contributed by atoms with Crippen LogP contribution in [0.2, 0.25) is 0 Å². The number of rotatable bonds is 3. The smallest absolute Gasteiger partial charge is 0.0789 e. The summed E-state index contributed by atoms with van der Waals surface area (Å²) in [7, 11) is 0. The Morgan fingerprint density at radius 1 is 1.58 bits per heavy atom. The van der Waals surface area contributed by atoms with Crippen LogP contribution in [0.1, 0.15) is 20.8 Å². The predicted octanol–water partition coefficient (Wildman–Crippen LogP) is 2.32. The number of hydrogen-bond donors (Lipinski definition) is 2. The summed E-state index contributed by atoms with van der Waals surface area (Å²) >= 11 is 1.65. The summed E-state index contributed by atoms with van der Waals surface area (Å²) in [6, 6.07) is 2.07. The van der Waals surface area contributed by atoms with Crippen LogP contribution in [0.5, 0.6) is 0 Å². The Morgan fingerprint density at radius 3 is 2.67 bits per heavy atom. The lowest BCUT2D eigenvalue weighted by Gasteiger charge is -2.27. The quantitative estimate of drug-likeness (QED) is 0.757. The highest BCUT2D eigenvalue weighted by atomic mass is 32.1. The number of hydrogen-bond acceptors (Lipinski definition) is 3. The molecule has 12 heavy (non-hydrogen) atoms. The molecule has 2 N–H and O–H groups in total. The van der Waals surface area contributed by atoms with Gasteiger partial charge in [0.2, 0.25) is 0 Å². The van der Waals surface area contributed by atoms with Crippen molar-refractivity contribution in [1.82, 2.24) is 0 Å². The topological polar surface area (TPSA) is 32.3 Å². The van der Waals surface area contributed by atoms with Crippen molar-refractivity contribution in [1.29, 1.82) is 0 Å². The van der Waals surface area contributed by atoms with Gasteiger partial charge in [0.1, 0.15) is 0 Å². The largest absolute Gasteiger partial charge is 0.388 e. The molecule has 0 aliphatic carbocycles. The molecule has 0 radical (unpaired) electrons. The normalized spacial score (nSPS) is 14.3. The molecule has 0 bridgehead atoms. The fourth-order valence-electron chi connectivity index (χ4n) is 0.773. The number of thiophene rings is 1. The highest BCUT2D eigenvalue weighted by molar-refractivity contribution is 7.08. The van der Waals surface area contributed by atoms with Crippen LogP contribution in [0.15, 0.2) is 16.8 Å². The molecule has 0 amide bonds. The van der Waals surface area contributed by atoms with Gasteiger partial charge in [-0.1, -0.05) is 0 Å². The van der Waals surface area contributed by atoms with Crippen LogP contribution in [0, 0.1) is 0 Å². The summed E-state index contributed by atoms with van der Waals surface area (Å²) in [6.07, 6.45) is 0. The zero-order valence-electron chi connectivity index (χ0n) is 7.66. The maximum Gasteiger partial charge on any atom is 0.0789 e. The van der Waals surface area contributed by atoms with Crippen molar-refractivity contribution in [3.63, 3.8) is 0 Å². The molecule has 0 saturated heterocycles. The molecule has 0 fully saturated rings. The fourth-order valence-corrected chi connectivity index (χ4v) is 1.37. The van der Waals surface area contributed by atoms with E-state index in [-0.39, 0.29) is 6.04 Å². The lowest BCUT2D eigenvalue weighted by molar-refractivity contribution is 0.0649. The molecule has 1 aromatic heterocycles. The Balaban J connectivity index is 2.53. The Bertz CT molecular complexity index is 225. The van der Waals surface area contributed by atoms with Crippen LogP contribution in [-0.2, 0) is 0 Å². The van der Waals surface area contributed by atoms with Crippen molar-refractivity contribution in [3.8, 4) is 0 Å². The lowest BCUT2D eigenvalue weighted by Crippen LogP contribution is -2.39. The number of nitrogens with one attached hydrogen (secondary N) is 1. The van der Waals surface area contributed by atoms with Crippen LogP contribution < -0.4 is 5.32 Å². The third kappa shape index (κ3) is 2.50. The molecule has 0 spiro atoms. The Hall–Kier alpha value is -0.540. The van der Waals surface area contributed by atoms with E-state index in [0.717, 1.165) is 5.69 Å². The summed E-state index contributed by atoms with van der Waals surface area (Å²) in [4.78, 5) is 0. The Kier molecular flexibility index (Phi) is 2.75. The molecule has 0 aliphatic rings. The van der Waals surface area contributed by atoms with Crippen molar-refractivity contribution in [3.05, 3.63) is 16.8 Å². The summed E-state index contributed by atoms with van der Waals surface area (Å²) in [6.45, 7) is 5.58. The van der Waals surface area contributed by atoms with Crippen molar-refractivity contribution in [2.75, 3.05) is 5.32 Å². The van der Waals surface area contributed by atoms with Gasteiger partial charge in [-0.2, -0.15) is 11.3 Å². The van der Waals surface area contributed by atoms with Gasteiger partial charge in [0.15, 0.2) is 0 Å². The van der Waals surface area contributed by atoms with E-state index in [4.69, 9.17) is 0 Å². The highest BCUT2D eigenvalue weighted by Crippen LogP contribution is 2.17. The maximum absolute atomic E-state index is 9.63. The van der Waals surface area contributed by atoms with Crippen molar-refractivity contribution in [2.45, 2.75) is 32.4 Å². The van der Waals surface area contributed by atoms with E-state index in [0.29, 0.717) is 0 Å². The zero-order valence-corrected chi connectivity index (χ0v) is 8.48. The minimum atomic E-state index is -0.679. The van der Waals surface area contributed by atoms with E-state index in [1.54, 1.807) is 25.2 Å². The third-order valence-corrected chi connectivity index (χ3v) is 2.65. The standard InChI is InChI=1S/C9H15NOS/c1-7(9(2,3)11)10-8-4-5-12-6-8/h4-7,10-11H,1-3H3. The van der Waals surface area contributed by atoms with Crippen LogP contribution >= 0.6 is 11.3 Å². The van der Waals surface area contributed by atoms with Crippen LogP contribution in [0.25, 0.3) is 0 Å². The molecule has 1 heterocycles. The van der Waals surface area contributed by atoms with Gasteiger partial charge < -0.3 is 10.4 Å². The van der Waals surface area contributed by atoms with E-state index in [1.807, 2.05) is 23.8 Å². The molecule has 0 aliphatic heterocycles. The first kappa shape index (κ1) is 9.55. The van der Waals surface area contributed by atoms with Crippen LogP contribution in [-0.4, -0.2) is 16.7 Å². The molecule has 68 valence electrons. The molecule has 1 unspecified atom stereocenters. The molecule has 1 rings (SSSR count). The monoisotopic (exact) mass is 185 g/mol. The molecule has 2 nitrogen and oxygen atoms in total. The average molecular weight is 185 g/mol. The second kappa shape index (κ2) is 3.46. The fraction of sp³-hybridized carbons (Fsp3) is 0.556. The average Bonchev–Trinajstić information content (AvgIpc) is 2.37. The molecular weight excluding hydrogens is 170 g/mol. The van der Waals surface area contributed by atoms with E-state index in [2.05, 4.69) is 5.32 Å². The molecule has 0 saturated carbocycles.